The summed E-state index contributed by atoms with van der Waals surface area (Å²) in [6, 6.07) is 4.82. The Balaban J connectivity index is 1.40. The van der Waals surface area contributed by atoms with Crippen LogP contribution in [-0.4, -0.2) is 81.9 Å². The van der Waals surface area contributed by atoms with E-state index in [2.05, 4.69) is 10.2 Å². The highest BCUT2D eigenvalue weighted by atomic mass is 19.4. The van der Waals surface area contributed by atoms with Crippen LogP contribution in [0.15, 0.2) is 24.4 Å². The van der Waals surface area contributed by atoms with Crippen LogP contribution in [0.4, 0.5) is 13.2 Å². The molecule has 152 valence electrons. The van der Waals surface area contributed by atoms with Crippen LogP contribution in [0.2, 0.25) is 0 Å². The van der Waals surface area contributed by atoms with Crippen molar-refractivity contribution in [2.75, 3.05) is 39.4 Å². The highest BCUT2D eigenvalue weighted by Crippen LogP contribution is 2.28. The smallest absolute Gasteiger partial charge is 0.378 e. The van der Waals surface area contributed by atoms with Gasteiger partial charge in [0.05, 0.1) is 19.8 Å². The average Bonchev–Trinajstić information content (AvgIpc) is 3.11. The molecule has 0 bridgehead atoms. The van der Waals surface area contributed by atoms with Crippen molar-refractivity contribution in [3.63, 3.8) is 0 Å². The van der Waals surface area contributed by atoms with E-state index in [1.807, 2.05) is 28.8 Å². The van der Waals surface area contributed by atoms with E-state index < -0.39 is 18.8 Å². The molecular formula is C18H22F3N5O2. The first-order chi connectivity index (χ1) is 13.4. The van der Waals surface area contributed by atoms with Crippen molar-refractivity contribution in [2.24, 2.45) is 0 Å². The lowest BCUT2D eigenvalue weighted by Gasteiger charge is -2.39. The summed E-state index contributed by atoms with van der Waals surface area (Å²) in [6.45, 7) is 0.210. The van der Waals surface area contributed by atoms with E-state index in [0.29, 0.717) is 25.9 Å². The molecule has 0 saturated carbocycles. The molecule has 4 heterocycles. The Bertz CT molecular complexity index is 832. The zero-order valence-electron chi connectivity index (χ0n) is 15.3. The number of morpholine rings is 1. The molecule has 0 N–H and O–H groups in total. The molecule has 4 rings (SSSR count). The fourth-order valence-electron chi connectivity index (χ4n) is 3.99. The first-order valence-corrected chi connectivity index (χ1v) is 9.39. The number of likely N-dealkylation sites (tertiary alicyclic amines) is 1. The first-order valence-electron chi connectivity index (χ1n) is 9.39. The van der Waals surface area contributed by atoms with Gasteiger partial charge in [-0.2, -0.15) is 13.2 Å². The normalized spacial score (nSPS) is 22.7. The summed E-state index contributed by atoms with van der Waals surface area (Å²) in [5, 5.41) is 8.46. The Hall–Kier alpha value is -2.20. The zero-order valence-corrected chi connectivity index (χ0v) is 15.3. The standard InChI is InChI=1S/C18H22F3N5O2/c19-18(20,21)12-25-9-10-28-11-14(25)17(27)24-7-4-13(5-8-24)16-23-22-15-3-1-2-6-26(15)16/h1-3,6,13-14H,4-5,7-12H2. The van der Waals surface area contributed by atoms with Gasteiger partial charge in [0, 0.05) is 31.7 Å². The predicted octanol–water partition coefficient (Wildman–Crippen LogP) is 1.70. The van der Waals surface area contributed by atoms with E-state index in [1.54, 1.807) is 4.90 Å². The van der Waals surface area contributed by atoms with Crippen LogP contribution in [0.3, 0.4) is 0 Å². The Morgan fingerprint density at radius 3 is 2.71 bits per heavy atom. The number of carbonyl (C=O) groups is 1. The number of fused-ring (bicyclic) bond motifs is 1. The van der Waals surface area contributed by atoms with E-state index in [9.17, 15) is 18.0 Å². The molecule has 1 unspecified atom stereocenters. The van der Waals surface area contributed by atoms with Crippen LogP contribution in [-0.2, 0) is 9.53 Å². The quantitative estimate of drug-likeness (QED) is 0.789. The lowest BCUT2D eigenvalue weighted by molar-refractivity contribution is -0.171. The minimum absolute atomic E-state index is 0.00363. The van der Waals surface area contributed by atoms with Crippen molar-refractivity contribution in [3.05, 3.63) is 30.2 Å². The highest BCUT2D eigenvalue weighted by molar-refractivity contribution is 5.82. The zero-order chi connectivity index (χ0) is 19.7. The summed E-state index contributed by atoms with van der Waals surface area (Å²) in [7, 11) is 0. The second-order valence-electron chi connectivity index (χ2n) is 7.26. The van der Waals surface area contributed by atoms with Gasteiger partial charge in [-0.15, -0.1) is 10.2 Å². The summed E-state index contributed by atoms with van der Waals surface area (Å²) in [5.41, 5.74) is 0.776. The number of amides is 1. The van der Waals surface area contributed by atoms with Crippen molar-refractivity contribution in [1.82, 2.24) is 24.4 Å². The summed E-state index contributed by atoms with van der Waals surface area (Å²) < 4.78 is 45.7. The van der Waals surface area contributed by atoms with Gasteiger partial charge in [0.15, 0.2) is 5.65 Å². The third-order valence-corrected chi connectivity index (χ3v) is 5.42. The molecule has 2 aromatic heterocycles. The summed E-state index contributed by atoms with van der Waals surface area (Å²) >= 11 is 0. The SMILES string of the molecule is O=C(C1COCCN1CC(F)(F)F)N1CCC(c2nnc3ccccn23)CC1. The molecule has 1 amide bonds. The minimum atomic E-state index is -4.34. The molecule has 28 heavy (non-hydrogen) atoms. The van der Waals surface area contributed by atoms with E-state index >= 15 is 0 Å². The maximum atomic E-state index is 12.9. The number of hydrogen-bond acceptors (Lipinski definition) is 5. The van der Waals surface area contributed by atoms with Gasteiger partial charge >= 0.3 is 6.18 Å². The number of hydrogen-bond donors (Lipinski definition) is 0. The maximum absolute atomic E-state index is 12.9. The van der Waals surface area contributed by atoms with Gasteiger partial charge in [0.25, 0.3) is 0 Å². The number of halogens is 3. The summed E-state index contributed by atoms with van der Waals surface area (Å²) in [6.07, 6.45) is -1.02. The molecule has 1 atom stereocenters. The fraction of sp³-hybridized carbons (Fsp3) is 0.611. The topological polar surface area (TPSA) is 63.0 Å². The van der Waals surface area contributed by atoms with Gasteiger partial charge in [-0.3, -0.25) is 14.1 Å². The monoisotopic (exact) mass is 397 g/mol. The second kappa shape index (κ2) is 7.67. The molecule has 2 saturated heterocycles. The Morgan fingerprint density at radius 1 is 1.18 bits per heavy atom. The van der Waals surface area contributed by atoms with Crippen LogP contribution < -0.4 is 0 Å². The average molecular weight is 397 g/mol. The van der Waals surface area contributed by atoms with Crippen molar-refractivity contribution in [2.45, 2.75) is 31.0 Å². The Labute approximate surface area is 160 Å². The number of piperidine rings is 1. The van der Waals surface area contributed by atoms with Crippen molar-refractivity contribution in [3.8, 4) is 0 Å². The lowest BCUT2D eigenvalue weighted by Crippen LogP contribution is -2.57. The number of ether oxygens (including phenoxy) is 1. The molecule has 2 fully saturated rings. The number of nitrogens with zero attached hydrogens (tertiary/aromatic N) is 5. The molecule has 2 aliphatic rings. The molecule has 0 aromatic carbocycles. The van der Waals surface area contributed by atoms with Crippen molar-refractivity contribution >= 4 is 11.6 Å². The molecule has 0 aliphatic carbocycles. The van der Waals surface area contributed by atoms with E-state index in [0.717, 1.165) is 11.5 Å². The van der Waals surface area contributed by atoms with Gasteiger partial charge in [0.2, 0.25) is 5.91 Å². The van der Waals surface area contributed by atoms with Crippen LogP contribution in [0.5, 0.6) is 0 Å². The van der Waals surface area contributed by atoms with Gasteiger partial charge in [-0.05, 0) is 25.0 Å². The number of pyridine rings is 1. The number of alkyl halides is 3. The second-order valence-corrected chi connectivity index (χ2v) is 7.26. The number of aromatic nitrogens is 3. The summed E-state index contributed by atoms with van der Waals surface area (Å²) in [5.74, 6) is 0.742. The largest absolute Gasteiger partial charge is 0.401 e. The van der Waals surface area contributed by atoms with Crippen LogP contribution in [0.25, 0.3) is 5.65 Å². The van der Waals surface area contributed by atoms with Gasteiger partial charge in [-0.25, -0.2) is 0 Å². The third-order valence-electron chi connectivity index (χ3n) is 5.42. The van der Waals surface area contributed by atoms with Crippen molar-refractivity contribution < 1.29 is 22.7 Å². The molecular weight excluding hydrogens is 375 g/mol. The van der Waals surface area contributed by atoms with E-state index in [1.165, 1.54) is 4.90 Å². The molecule has 10 heteroatoms. The Kier molecular flexibility index (Phi) is 5.24. The third kappa shape index (κ3) is 3.97. The highest BCUT2D eigenvalue weighted by Gasteiger charge is 2.40. The molecule has 0 radical (unpaired) electrons. The van der Waals surface area contributed by atoms with Crippen molar-refractivity contribution in [1.29, 1.82) is 0 Å². The fourth-order valence-corrected chi connectivity index (χ4v) is 3.99. The number of rotatable bonds is 3. The van der Waals surface area contributed by atoms with E-state index in [4.69, 9.17) is 4.74 Å². The van der Waals surface area contributed by atoms with Gasteiger partial charge < -0.3 is 9.64 Å². The lowest BCUT2D eigenvalue weighted by atomic mass is 9.95. The van der Waals surface area contributed by atoms with Gasteiger partial charge in [-0.1, -0.05) is 6.07 Å². The molecule has 0 spiro atoms. The van der Waals surface area contributed by atoms with Crippen LogP contribution in [0, 0.1) is 0 Å². The van der Waals surface area contributed by atoms with Gasteiger partial charge in [0.1, 0.15) is 11.9 Å². The predicted molar refractivity (Wildman–Crippen MR) is 93.8 cm³/mol. The first kappa shape index (κ1) is 19.1. The Morgan fingerprint density at radius 2 is 1.96 bits per heavy atom. The van der Waals surface area contributed by atoms with E-state index in [-0.39, 0.29) is 31.6 Å². The molecule has 2 aliphatic heterocycles. The molecule has 2 aromatic rings. The maximum Gasteiger partial charge on any atom is 0.401 e. The minimum Gasteiger partial charge on any atom is -0.378 e. The molecule has 7 nitrogen and oxygen atoms in total. The summed E-state index contributed by atoms with van der Waals surface area (Å²) in [4.78, 5) is 15.7. The van der Waals surface area contributed by atoms with Crippen LogP contribution in [0.1, 0.15) is 24.6 Å². The van der Waals surface area contributed by atoms with Crippen LogP contribution >= 0.6 is 0 Å². The number of carbonyl (C=O) groups excluding carboxylic acids is 1.